The molecule has 2 aliphatic rings. The summed E-state index contributed by atoms with van der Waals surface area (Å²) in [7, 11) is 1.92. The molecule has 1 saturated heterocycles. The third-order valence-corrected chi connectivity index (χ3v) is 7.14. The zero-order valence-corrected chi connectivity index (χ0v) is 20.7. The Hall–Kier alpha value is -2.83. The summed E-state index contributed by atoms with van der Waals surface area (Å²) in [5, 5.41) is 20.1. The molecule has 2 fully saturated rings. The van der Waals surface area contributed by atoms with Crippen molar-refractivity contribution in [2.45, 2.75) is 69.0 Å². The molecule has 0 unspecified atom stereocenters. The van der Waals surface area contributed by atoms with Crippen LogP contribution in [0.1, 0.15) is 44.6 Å². The summed E-state index contributed by atoms with van der Waals surface area (Å²) in [6, 6.07) is 5.96. The summed E-state index contributed by atoms with van der Waals surface area (Å²) >= 11 is 0. The molecule has 9 nitrogen and oxygen atoms in total. The molecule has 1 aliphatic carbocycles. The van der Waals surface area contributed by atoms with E-state index in [-0.39, 0.29) is 18.2 Å². The number of nitrogens with zero attached hydrogens (tertiary/aromatic N) is 4. The van der Waals surface area contributed by atoms with Crippen molar-refractivity contribution in [3.63, 3.8) is 0 Å². The first-order chi connectivity index (χ1) is 17.8. The van der Waals surface area contributed by atoms with Crippen LogP contribution >= 0.6 is 0 Å². The summed E-state index contributed by atoms with van der Waals surface area (Å²) in [6.45, 7) is 0.970. The smallest absolute Gasteiger partial charge is 0.415 e. The van der Waals surface area contributed by atoms with Crippen molar-refractivity contribution in [3.8, 4) is 5.75 Å². The second-order valence-electron chi connectivity index (χ2n) is 9.93. The SMILES string of the molecule is Cn1cnc2c(Nc3ccn([C@@H]4CCCOC4)n3)cc(OC3CCC(NC[C@@H](O)C(F)(F)F)CC3)cc21. The van der Waals surface area contributed by atoms with Crippen molar-refractivity contribution in [2.24, 2.45) is 7.05 Å². The first-order valence-corrected chi connectivity index (χ1v) is 12.8. The van der Waals surface area contributed by atoms with Gasteiger partial charge >= 0.3 is 6.18 Å². The van der Waals surface area contributed by atoms with Gasteiger partial charge in [0.05, 0.1) is 36.3 Å². The van der Waals surface area contributed by atoms with Crippen molar-refractivity contribution in [2.75, 3.05) is 25.1 Å². The molecule has 2 atom stereocenters. The van der Waals surface area contributed by atoms with Crippen LogP contribution in [0.25, 0.3) is 11.0 Å². The number of nitrogens with one attached hydrogen (secondary N) is 2. The van der Waals surface area contributed by atoms with Crippen LogP contribution in [0, 0.1) is 0 Å². The van der Waals surface area contributed by atoms with E-state index in [9.17, 15) is 18.3 Å². The zero-order chi connectivity index (χ0) is 26.0. The lowest BCUT2D eigenvalue weighted by Gasteiger charge is -2.30. The van der Waals surface area contributed by atoms with Gasteiger partial charge in [0, 0.05) is 50.6 Å². The topological polar surface area (TPSA) is 98.4 Å². The molecule has 202 valence electrons. The molecule has 0 bridgehead atoms. The number of aliphatic hydroxyl groups is 1. The number of fused-ring (bicyclic) bond motifs is 1. The van der Waals surface area contributed by atoms with E-state index >= 15 is 0 Å². The number of aromatic nitrogens is 4. The van der Waals surface area contributed by atoms with E-state index in [1.54, 1.807) is 6.33 Å². The predicted molar refractivity (Wildman–Crippen MR) is 132 cm³/mol. The quantitative estimate of drug-likeness (QED) is 0.410. The zero-order valence-electron chi connectivity index (χ0n) is 20.7. The molecule has 1 saturated carbocycles. The van der Waals surface area contributed by atoms with Gasteiger partial charge in [-0.25, -0.2) is 4.98 Å². The second kappa shape index (κ2) is 10.9. The third kappa shape index (κ3) is 6.19. The maximum atomic E-state index is 12.5. The summed E-state index contributed by atoms with van der Waals surface area (Å²) in [4.78, 5) is 4.54. The van der Waals surface area contributed by atoms with E-state index in [2.05, 4.69) is 15.6 Å². The van der Waals surface area contributed by atoms with E-state index < -0.39 is 18.8 Å². The molecule has 3 aromatic rings. The van der Waals surface area contributed by atoms with E-state index in [0.29, 0.717) is 43.9 Å². The van der Waals surface area contributed by atoms with Crippen LogP contribution < -0.4 is 15.4 Å². The fourth-order valence-corrected chi connectivity index (χ4v) is 5.02. The molecule has 3 N–H and O–H groups in total. The monoisotopic (exact) mass is 522 g/mol. The molecular weight excluding hydrogens is 489 g/mol. The number of ether oxygens (including phenoxy) is 2. The molecule has 3 heterocycles. The van der Waals surface area contributed by atoms with Crippen LogP contribution in [-0.4, -0.2) is 68.6 Å². The molecule has 0 radical (unpaired) electrons. The molecule has 37 heavy (non-hydrogen) atoms. The first-order valence-electron chi connectivity index (χ1n) is 12.8. The van der Waals surface area contributed by atoms with Crippen molar-refractivity contribution in [1.29, 1.82) is 0 Å². The maximum absolute atomic E-state index is 12.5. The van der Waals surface area contributed by atoms with Crippen LogP contribution in [0.3, 0.4) is 0 Å². The number of aliphatic hydroxyl groups excluding tert-OH is 1. The number of hydrogen-bond acceptors (Lipinski definition) is 7. The highest BCUT2D eigenvalue weighted by Gasteiger charge is 2.38. The van der Waals surface area contributed by atoms with Gasteiger partial charge in [0.25, 0.3) is 0 Å². The van der Waals surface area contributed by atoms with Crippen LogP contribution in [0.15, 0.2) is 30.7 Å². The van der Waals surface area contributed by atoms with Crippen LogP contribution in [0.2, 0.25) is 0 Å². The molecule has 5 rings (SSSR count). The standard InChI is InChI=1S/C25H33F3N6O3/c1-33-15-30-24-20(31-23-8-9-34(32-23)17-3-2-10-36-14-17)11-19(12-21(24)33)37-18-6-4-16(5-7-18)29-13-22(35)25(26,27)28/h8-9,11-12,15-18,22,29,35H,2-7,10,13-14H2,1H3,(H,31,32)/t16?,17-,18?,22-/m1/s1. The average Bonchev–Trinajstić information content (AvgIpc) is 3.50. The van der Waals surface area contributed by atoms with E-state index in [1.807, 2.05) is 40.7 Å². The fraction of sp³-hybridized carbons (Fsp3) is 0.600. The Balaban J connectivity index is 1.23. The molecule has 0 spiro atoms. The summed E-state index contributed by atoms with van der Waals surface area (Å²) < 4.78 is 53.4. The van der Waals surface area contributed by atoms with Gasteiger partial charge < -0.3 is 29.8 Å². The molecule has 0 amide bonds. The Morgan fingerprint density at radius 3 is 2.76 bits per heavy atom. The van der Waals surface area contributed by atoms with Gasteiger partial charge in [-0.1, -0.05) is 0 Å². The number of anilines is 2. The Morgan fingerprint density at radius 1 is 1.22 bits per heavy atom. The number of hydrogen-bond donors (Lipinski definition) is 3. The summed E-state index contributed by atoms with van der Waals surface area (Å²) in [5.41, 5.74) is 2.51. The van der Waals surface area contributed by atoms with Crippen LogP contribution in [0.4, 0.5) is 24.7 Å². The Labute approximate surface area is 212 Å². The maximum Gasteiger partial charge on any atom is 0.415 e. The summed E-state index contributed by atoms with van der Waals surface area (Å²) in [5.74, 6) is 1.41. The average molecular weight is 523 g/mol. The minimum Gasteiger partial charge on any atom is -0.490 e. The number of alkyl halides is 3. The lowest BCUT2D eigenvalue weighted by molar-refractivity contribution is -0.202. The van der Waals surface area contributed by atoms with Gasteiger partial charge in [0.2, 0.25) is 0 Å². The van der Waals surface area contributed by atoms with Gasteiger partial charge in [0.15, 0.2) is 11.9 Å². The Bertz CT molecular complexity index is 1180. The first kappa shape index (κ1) is 25.8. The highest BCUT2D eigenvalue weighted by Crippen LogP contribution is 2.33. The van der Waals surface area contributed by atoms with E-state index in [4.69, 9.17) is 14.6 Å². The molecule has 1 aromatic carbocycles. The van der Waals surface area contributed by atoms with Crippen molar-refractivity contribution in [1.82, 2.24) is 24.6 Å². The fourth-order valence-electron chi connectivity index (χ4n) is 5.02. The van der Waals surface area contributed by atoms with E-state index in [0.717, 1.165) is 36.2 Å². The van der Waals surface area contributed by atoms with Crippen molar-refractivity contribution < 1.29 is 27.8 Å². The largest absolute Gasteiger partial charge is 0.490 e. The highest BCUT2D eigenvalue weighted by molar-refractivity contribution is 5.91. The van der Waals surface area contributed by atoms with Gasteiger partial charge in [-0.3, -0.25) is 4.68 Å². The molecular formula is C25H33F3N6O3. The van der Waals surface area contributed by atoms with Crippen molar-refractivity contribution >= 4 is 22.5 Å². The second-order valence-corrected chi connectivity index (χ2v) is 9.93. The molecule has 1 aliphatic heterocycles. The number of imidazole rings is 1. The van der Waals surface area contributed by atoms with Gasteiger partial charge in [-0.05, 0) is 38.5 Å². The Kier molecular flexibility index (Phi) is 7.59. The number of rotatable bonds is 8. The van der Waals surface area contributed by atoms with Crippen LogP contribution in [-0.2, 0) is 11.8 Å². The minimum atomic E-state index is -4.61. The normalized spacial score (nSPS) is 23.8. The number of benzene rings is 1. The van der Waals surface area contributed by atoms with E-state index in [1.165, 1.54) is 0 Å². The molecule has 12 heteroatoms. The molecule has 2 aromatic heterocycles. The summed E-state index contributed by atoms with van der Waals surface area (Å²) in [6.07, 6.45) is 1.54. The lowest BCUT2D eigenvalue weighted by atomic mass is 9.93. The van der Waals surface area contributed by atoms with Crippen molar-refractivity contribution in [3.05, 3.63) is 30.7 Å². The third-order valence-electron chi connectivity index (χ3n) is 7.14. The predicted octanol–water partition coefficient (Wildman–Crippen LogP) is 4.07. The number of aryl methyl sites for hydroxylation is 1. The number of halogens is 3. The highest BCUT2D eigenvalue weighted by atomic mass is 19.4. The van der Waals surface area contributed by atoms with Gasteiger partial charge in [-0.15, -0.1) is 0 Å². The van der Waals surface area contributed by atoms with Gasteiger partial charge in [-0.2, -0.15) is 18.3 Å². The lowest BCUT2D eigenvalue weighted by Crippen LogP contribution is -2.44. The Morgan fingerprint density at radius 2 is 2.03 bits per heavy atom. The van der Waals surface area contributed by atoms with Gasteiger partial charge in [0.1, 0.15) is 11.3 Å². The van der Waals surface area contributed by atoms with Crippen LogP contribution in [0.5, 0.6) is 5.75 Å². The minimum absolute atomic E-state index is 0.0466.